The summed E-state index contributed by atoms with van der Waals surface area (Å²) >= 11 is 1.49. The number of halogens is 2. The fourth-order valence-corrected chi connectivity index (χ4v) is 1.93. The number of alkyl halides is 2. The van der Waals surface area contributed by atoms with E-state index in [4.69, 9.17) is 5.11 Å². The topological polar surface area (TPSA) is 45.2 Å². The first kappa shape index (κ1) is 12.5. The molecule has 0 saturated carbocycles. The molecule has 0 aromatic carbocycles. The molecule has 0 bridgehead atoms. The average Bonchev–Trinajstić information content (AvgIpc) is 2.46. The number of thiazole rings is 1. The highest BCUT2D eigenvalue weighted by atomic mass is 32.1. The van der Waals surface area contributed by atoms with Crippen LogP contribution in [0.5, 0.6) is 0 Å². The fraction of sp³-hybridized carbons (Fsp3) is 0.667. The second-order valence-electron chi connectivity index (χ2n) is 3.37. The molecule has 3 nitrogen and oxygen atoms in total. The molecular formula is C9H14F2N2OS. The summed E-state index contributed by atoms with van der Waals surface area (Å²) in [5.41, 5.74) is 0.936. The summed E-state index contributed by atoms with van der Waals surface area (Å²) in [4.78, 5) is 5.30. The monoisotopic (exact) mass is 236 g/mol. The second kappa shape index (κ2) is 4.96. The van der Waals surface area contributed by atoms with Gasteiger partial charge >= 0.3 is 0 Å². The molecule has 1 aromatic heterocycles. The van der Waals surface area contributed by atoms with Gasteiger partial charge in [0.05, 0.1) is 12.2 Å². The van der Waals surface area contributed by atoms with E-state index in [1.165, 1.54) is 11.3 Å². The molecule has 0 radical (unpaired) electrons. The molecule has 15 heavy (non-hydrogen) atoms. The first-order chi connectivity index (χ1) is 6.94. The Balaban J connectivity index is 2.38. The number of aliphatic hydroxyl groups is 1. The molecule has 2 N–H and O–H groups in total. The number of aromatic nitrogens is 1. The van der Waals surface area contributed by atoms with Crippen molar-refractivity contribution in [2.45, 2.75) is 26.3 Å². The Hall–Kier alpha value is -0.590. The minimum absolute atomic E-state index is 0.314. The van der Waals surface area contributed by atoms with Gasteiger partial charge in [-0.25, -0.2) is 13.8 Å². The number of hydrogen-bond acceptors (Lipinski definition) is 4. The summed E-state index contributed by atoms with van der Waals surface area (Å²) in [6, 6.07) is 0. The summed E-state index contributed by atoms with van der Waals surface area (Å²) in [7, 11) is 0. The summed E-state index contributed by atoms with van der Waals surface area (Å²) in [6.07, 6.45) is 0. The van der Waals surface area contributed by atoms with E-state index >= 15 is 0 Å². The van der Waals surface area contributed by atoms with E-state index in [0.29, 0.717) is 6.54 Å². The fourth-order valence-electron chi connectivity index (χ4n) is 1.02. The summed E-state index contributed by atoms with van der Waals surface area (Å²) in [5, 5.41) is 11.7. The number of aryl methyl sites for hydroxylation is 2. The van der Waals surface area contributed by atoms with Gasteiger partial charge in [-0.05, 0) is 13.8 Å². The third kappa shape index (κ3) is 3.81. The van der Waals surface area contributed by atoms with Crippen LogP contribution < -0.4 is 5.32 Å². The summed E-state index contributed by atoms with van der Waals surface area (Å²) in [6.45, 7) is 2.49. The number of hydrogen-bond donors (Lipinski definition) is 2. The van der Waals surface area contributed by atoms with Crippen LogP contribution in [-0.4, -0.2) is 29.2 Å². The van der Waals surface area contributed by atoms with E-state index in [9.17, 15) is 8.78 Å². The molecule has 0 unspecified atom stereocenters. The normalized spacial score (nSPS) is 12.1. The van der Waals surface area contributed by atoms with Crippen molar-refractivity contribution in [3.05, 3.63) is 15.6 Å². The van der Waals surface area contributed by atoms with Crippen LogP contribution in [0, 0.1) is 13.8 Å². The lowest BCUT2D eigenvalue weighted by molar-refractivity contribution is -0.0477. The highest BCUT2D eigenvalue weighted by Crippen LogP contribution is 2.16. The SMILES string of the molecule is Cc1nc(CNCC(F)(F)CO)sc1C. The standard InChI is InChI=1S/C9H14F2N2OS/c1-6-7(2)15-8(13-6)3-12-4-9(10,11)5-14/h12,14H,3-5H2,1-2H3. The zero-order chi connectivity index (χ0) is 11.5. The lowest BCUT2D eigenvalue weighted by atomic mass is 10.3. The van der Waals surface area contributed by atoms with Crippen LogP contribution in [0.3, 0.4) is 0 Å². The Labute approximate surface area is 91.2 Å². The number of rotatable bonds is 5. The molecule has 86 valence electrons. The molecule has 0 atom stereocenters. The summed E-state index contributed by atoms with van der Waals surface area (Å²) < 4.78 is 25.2. The van der Waals surface area contributed by atoms with E-state index in [0.717, 1.165) is 15.6 Å². The molecule has 1 rings (SSSR count). The molecule has 0 aliphatic heterocycles. The van der Waals surface area contributed by atoms with Crippen molar-refractivity contribution in [1.82, 2.24) is 10.3 Å². The third-order valence-corrected chi connectivity index (χ3v) is 3.04. The molecular weight excluding hydrogens is 222 g/mol. The van der Waals surface area contributed by atoms with Crippen LogP contribution in [0.4, 0.5) is 8.78 Å². The third-order valence-electron chi connectivity index (χ3n) is 1.96. The number of nitrogens with zero attached hydrogens (tertiary/aromatic N) is 1. The van der Waals surface area contributed by atoms with Crippen LogP contribution in [0.15, 0.2) is 0 Å². The van der Waals surface area contributed by atoms with Crippen LogP contribution >= 0.6 is 11.3 Å². The molecule has 0 fully saturated rings. The maximum Gasteiger partial charge on any atom is 0.282 e. The van der Waals surface area contributed by atoms with E-state index in [-0.39, 0.29) is 0 Å². The van der Waals surface area contributed by atoms with E-state index in [1.54, 1.807) is 0 Å². The first-order valence-corrected chi connectivity index (χ1v) is 5.38. The maximum atomic E-state index is 12.6. The Bertz CT molecular complexity index is 308. The number of nitrogens with one attached hydrogen (secondary N) is 1. The van der Waals surface area contributed by atoms with Crippen molar-refractivity contribution in [2.75, 3.05) is 13.2 Å². The predicted octanol–water partition coefficient (Wildman–Crippen LogP) is 1.48. The number of aliphatic hydroxyl groups excluding tert-OH is 1. The smallest absolute Gasteiger partial charge is 0.282 e. The van der Waals surface area contributed by atoms with E-state index < -0.39 is 19.1 Å². The van der Waals surface area contributed by atoms with Gasteiger partial charge in [0.25, 0.3) is 5.92 Å². The largest absolute Gasteiger partial charge is 0.390 e. The molecule has 0 aliphatic carbocycles. The van der Waals surface area contributed by atoms with Gasteiger partial charge < -0.3 is 10.4 Å². The van der Waals surface area contributed by atoms with Crippen molar-refractivity contribution in [3.8, 4) is 0 Å². The van der Waals surface area contributed by atoms with E-state index in [2.05, 4.69) is 10.3 Å². The molecule has 0 aliphatic rings. The van der Waals surface area contributed by atoms with E-state index in [1.807, 2.05) is 13.8 Å². The predicted molar refractivity (Wildman–Crippen MR) is 55.3 cm³/mol. The lowest BCUT2D eigenvalue weighted by Gasteiger charge is -2.12. The average molecular weight is 236 g/mol. The van der Waals surface area contributed by atoms with Crippen molar-refractivity contribution in [2.24, 2.45) is 0 Å². The molecule has 1 heterocycles. The zero-order valence-electron chi connectivity index (χ0n) is 8.68. The van der Waals surface area contributed by atoms with Gasteiger partial charge in [0, 0.05) is 11.4 Å². The Morgan fingerprint density at radius 3 is 2.60 bits per heavy atom. The minimum Gasteiger partial charge on any atom is -0.390 e. The van der Waals surface area contributed by atoms with Crippen LogP contribution in [0.25, 0.3) is 0 Å². The second-order valence-corrected chi connectivity index (χ2v) is 4.65. The molecule has 6 heteroatoms. The van der Waals surface area contributed by atoms with Crippen molar-refractivity contribution in [3.63, 3.8) is 0 Å². The first-order valence-electron chi connectivity index (χ1n) is 4.57. The molecule has 0 saturated heterocycles. The van der Waals surface area contributed by atoms with Crippen LogP contribution in [0.2, 0.25) is 0 Å². The van der Waals surface area contributed by atoms with Crippen LogP contribution in [-0.2, 0) is 6.54 Å². The van der Waals surface area contributed by atoms with Gasteiger partial charge in [-0.1, -0.05) is 0 Å². The van der Waals surface area contributed by atoms with Gasteiger partial charge in [0.1, 0.15) is 11.6 Å². The van der Waals surface area contributed by atoms with Gasteiger partial charge in [0.2, 0.25) is 0 Å². The van der Waals surface area contributed by atoms with Crippen molar-refractivity contribution < 1.29 is 13.9 Å². The highest BCUT2D eigenvalue weighted by molar-refractivity contribution is 7.11. The zero-order valence-corrected chi connectivity index (χ0v) is 9.50. The molecule has 0 spiro atoms. The maximum absolute atomic E-state index is 12.6. The Morgan fingerprint density at radius 2 is 2.13 bits per heavy atom. The van der Waals surface area contributed by atoms with Crippen LogP contribution in [0.1, 0.15) is 15.6 Å². The Kier molecular flexibility index (Phi) is 4.12. The summed E-state index contributed by atoms with van der Waals surface area (Å²) in [5.74, 6) is -3.05. The quantitative estimate of drug-likeness (QED) is 0.814. The molecule has 0 amide bonds. The van der Waals surface area contributed by atoms with Gasteiger partial charge in [0.15, 0.2) is 0 Å². The van der Waals surface area contributed by atoms with Gasteiger partial charge in [-0.15, -0.1) is 11.3 Å². The lowest BCUT2D eigenvalue weighted by Crippen LogP contribution is -2.35. The highest BCUT2D eigenvalue weighted by Gasteiger charge is 2.26. The minimum atomic E-state index is -3.05. The Morgan fingerprint density at radius 1 is 1.47 bits per heavy atom. The molecule has 1 aromatic rings. The van der Waals surface area contributed by atoms with Crippen molar-refractivity contribution >= 4 is 11.3 Å². The van der Waals surface area contributed by atoms with Gasteiger partial charge in [-0.3, -0.25) is 0 Å². The van der Waals surface area contributed by atoms with Crippen molar-refractivity contribution in [1.29, 1.82) is 0 Å². The van der Waals surface area contributed by atoms with Gasteiger partial charge in [-0.2, -0.15) is 0 Å².